The molecule has 0 saturated carbocycles. The van der Waals surface area contributed by atoms with Crippen molar-refractivity contribution in [3.8, 4) is 28.3 Å². The van der Waals surface area contributed by atoms with Crippen LogP contribution in [0.15, 0.2) is 84.9 Å². The van der Waals surface area contributed by atoms with Crippen molar-refractivity contribution in [2.24, 2.45) is 0 Å². The number of nitrogens with zero attached hydrogens (tertiary/aromatic N) is 5. The molecule has 196 valence electrons. The van der Waals surface area contributed by atoms with Gasteiger partial charge in [-0.25, -0.2) is 13.9 Å². The number of para-hydroxylation sites is 2. The van der Waals surface area contributed by atoms with Crippen LogP contribution in [0.5, 0.6) is 5.75 Å². The Hall–Kier alpha value is -4.43. The molecule has 7 nitrogen and oxygen atoms in total. The van der Waals surface area contributed by atoms with Gasteiger partial charge in [0, 0.05) is 48.4 Å². The Labute approximate surface area is 230 Å². The van der Waals surface area contributed by atoms with E-state index in [1.54, 1.807) is 46.9 Å². The maximum Gasteiger partial charge on any atom is 0.272 e. The van der Waals surface area contributed by atoms with Crippen LogP contribution in [0.1, 0.15) is 10.5 Å². The first-order valence-electron chi connectivity index (χ1n) is 12.6. The van der Waals surface area contributed by atoms with Crippen LogP contribution in [0.3, 0.4) is 0 Å². The Bertz CT molecular complexity index is 1660. The summed E-state index contributed by atoms with van der Waals surface area (Å²) in [5.41, 5.74) is 4.40. The van der Waals surface area contributed by atoms with Crippen molar-refractivity contribution < 1.29 is 13.9 Å². The number of piperazine rings is 1. The van der Waals surface area contributed by atoms with Crippen LogP contribution in [0.2, 0.25) is 5.02 Å². The summed E-state index contributed by atoms with van der Waals surface area (Å²) in [4.78, 5) is 22.5. The second-order valence-corrected chi connectivity index (χ2v) is 9.70. The zero-order chi connectivity index (χ0) is 26.9. The van der Waals surface area contributed by atoms with Crippen molar-refractivity contribution >= 4 is 28.8 Å². The molecule has 1 amide bonds. The Morgan fingerprint density at radius 3 is 2.36 bits per heavy atom. The monoisotopic (exact) mass is 541 g/mol. The fourth-order valence-corrected chi connectivity index (χ4v) is 5.03. The van der Waals surface area contributed by atoms with E-state index in [2.05, 4.69) is 0 Å². The van der Waals surface area contributed by atoms with Crippen molar-refractivity contribution in [1.29, 1.82) is 0 Å². The molecule has 0 radical (unpaired) electrons. The number of hydrogen-bond donors (Lipinski definition) is 0. The minimum atomic E-state index is -0.263. The molecule has 1 aliphatic rings. The molecule has 2 aromatic heterocycles. The van der Waals surface area contributed by atoms with E-state index in [1.807, 2.05) is 53.4 Å². The number of hydrogen-bond acceptors (Lipinski definition) is 5. The van der Waals surface area contributed by atoms with Gasteiger partial charge in [-0.1, -0.05) is 48.0 Å². The maximum absolute atomic E-state index is 14.3. The third kappa shape index (κ3) is 4.79. The number of benzene rings is 3. The highest BCUT2D eigenvalue weighted by molar-refractivity contribution is 6.30. The van der Waals surface area contributed by atoms with Gasteiger partial charge in [-0.3, -0.25) is 4.79 Å². The first-order chi connectivity index (χ1) is 19.0. The lowest BCUT2D eigenvalue weighted by molar-refractivity contribution is 0.0737. The fourth-order valence-electron chi connectivity index (χ4n) is 4.90. The van der Waals surface area contributed by atoms with Gasteiger partial charge >= 0.3 is 0 Å². The van der Waals surface area contributed by atoms with E-state index in [4.69, 9.17) is 26.4 Å². The molecule has 1 saturated heterocycles. The van der Waals surface area contributed by atoms with Crippen molar-refractivity contribution in [3.63, 3.8) is 0 Å². The topological polar surface area (TPSA) is 63.0 Å². The van der Waals surface area contributed by atoms with Gasteiger partial charge in [0.05, 0.1) is 24.2 Å². The summed E-state index contributed by atoms with van der Waals surface area (Å²) < 4.78 is 21.5. The van der Waals surface area contributed by atoms with E-state index in [0.29, 0.717) is 65.4 Å². The van der Waals surface area contributed by atoms with Crippen LogP contribution in [-0.4, -0.2) is 58.7 Å². The molecule has 9 heteroatoms. The summed E-state index contributed by atoms with van der Waals surface area (Å²) >= 11 is 6.08. The molecule has 0 aliphatic carbocycles. The second kappa shape index (κ2) is 10.4. The van der Waals surface area contributed by atoms with Gasteiger partial charge in [0.1, 0.15) is 17.3 Å². The maximum atomic E-state index is 14.3. The molecule has 3 aromatic carbocycles. The van der Waals surface area contributed by atoms with E-state index in [0.717, 1.165) is 11.1 Å². The largest absolute Gasteiger partial charge is 0.496 e. The predicted molar refractivity (Wildman–Crippen MR) is 150 cm³/mol. The standard InChI is InChI=1S/C30H25ClFN5O2/c1-39-28-9-5-2-6-22(28)25-18-27(37-29(33-25)19-24(34-37)20-10-12-21(31)13-11-20)30(38)36-16-14-35(15-17-36)26-8-4-3-7-23(26)32/h2-13,18-19H,14-17H2,1H3. The molecule has 39 heavy (non-hydrogen) atoms. The highest BCUT2D eigenvalue weighted by Gasteiger charge is 2.27. The highest BCUT2D eigenvalue weighted by Crippen LogP contribution is 2.31. The van der Waals surface area contributed by atoms with E-state index in [9.17, 15) is 9.18 Å². The molecule has 0 atom stereocenters. The van der Waals surface area contributed by atoms with Crippen molar-refractivity contribution in [2.45, 2.75) is 0 Å². The molecule has 0 spiro atoms. The normalized spacial score (nSPS) is 13.6. The lowest BCUT2D eigenvalue weighted by Gasteiger charge is -2.36. The molecule has 1 fully saturated rings. The number of anilines is 1. The van der Waals surface area contributed by atoms with E-state index < -0.39 is 0 Å². The molecule has 0 N–H and O–H groups in total. The Morgan fingerprint density at radius 2 is 1.62 bits per heavy atom. The Balaban J connectivity index is 1.39. The zero-order valence-corrected chi connectivity index (χ0v) is 22.0. The van der Waals surface area contributed by atoms with Gasteiger partial charge in [-0.2, -0.15) is 5.10 Å². The van der Waals surface area contributed by atoms with Crippen LogP contribution >= 0.6 is 11.6 Å². The van der Waals surface area contributed by atoms with Crippen LogP contribution in [0.25, 0.3) is 28.2 Å². The molecule has 5 aromatic rings. The van der Waals surface area contributed by atoms with Crippen molar-refractivity contribution in [1.82, 2.24) is 19.5 Å². The van der Waals surface area contributed by atoms with Crippen molar-refractivity contribution in [3.05, 3.63) is 101 Å². The van der Waals surface area contributed by atoms with Crippen LogP contribution in [0, 0.1) is 5.82 Å². The average Bonchev–Trinajstić information content (AvgIpc) is 3.41. The third-order valence-corrected chi connectivity index (χ3v) is 7.18. The smallest absolute Gasteiger partial charge is 0.272 e. The van der Waals surface area contributed by atoms with E-state index >= 15 is 0 Å². The lowest BCUT2D eigenvalue weighted by Crippen LogP contribution is -2.49. The zero-order valence-electron chi connectivity index (χ0n) is 21.2. The van der Waals surface area contributed by atoms with Gasteiger partial charge in [0.25, 0.3) is 5.91 Å². The quantitative estimate of drug-likeness (QED) is 0.280. The van der Waals surface area contributed by atoms with Gasteiger partial charge in [0.15, 0.2) is 5.65 Å². The van der Waals surface area contributed by atoms with Crippen LogP contribution < -0.4 is 9.64 Å². The Kier molecular flexibility index (Phi) is 6.62. The molecule has 6 rings (SSSR count). The minimum absolute atomic E-state index is 0.169. The lowest BCUT2D eigenvalue weighted by atomic mass is 10.1. The summed E-state index contributed by atoms with van der Waals surface area (Å²) in [6.45, 7) is 1.95. The molecular formula is C30H25ClFN5O2. The highest BCUT2D eigenvalue weighted by atomic mass is 35.5. The summed E-state index contributed by atoms with van der Waals surface area (Å²) in [5, 5.41) is 5.38. The number of fused-ring (bicyclic) bond motifs is 1. The number of amides is 1. The molecule has 0 unspecified atom stereocenters. The summed E-state index contributed by atoms with van der Waals surface area (Å²) in [7, 11) is 1.61. The summed E-state index contributed by atoms with van der Waals surface area (Å²) in [6, 6.07) is 25.3. The number of aromatic nitrogens is 3. The first kappa shape index (κ1) is 24.9. The van der Waals surface area contributed by atoms with Gasteiger partial charge in [0.2, 0.25) is 0 Å². The van der Waals surface area contributed by atoms with Gasteiger partial charge < -0.3 is 14.5 Å². The number of rotatable bonds is 5. The van der Waals surface area contributed by atoms with Crippen molar-refractivity contribution in [2.75, 3.05) is 38.2 Å². The Morgan fingerprint density at radius 1 is 0.897 bits per heavy atom. The second-order valence-electron chi connectivity index (χ2n) is 9.26. The molecule has 0 bridgehead atoms. The number of carbonyl (C=O) groups is 1. The number of carbonyl (C=O) groups excluding carboxylic acids is 1. The summed E-state index contributed by atoms with van der Waals surface area (Å²) in [6.07, 6.45) is 0. The first-order valence-corrected chi connectivity index (χ1v) is 13.0. The van der Waals surface area contributed by atoms with Gasteiger partial charge in [-0.05, 0) is 42.5 Å². The van der Waals surface area contributed by atoms with E-state index in [1.165, 1.54) is 6.07 Å². The summed E-state index contributed by atoms with van der Waals surface area (Å²) in [5.74, 6) is 0.224. The van der Waals surface area contributed by atoms with E-state index in [-0.39, 0.29) is 11.7 Å². The minimum Gasteiger partial charge on any atom is -0.496 e. The fraction of sp³-hybridized carbons (Fsp3) is 0.167. The third-order valence-electron chi connectivity index (χ3n) is 6.93. The van der Waals surface area contributed by atoms with Crippen LogP contribution in [0.4, 0.5) is 10.1 Å². The average molecular weight is 542 g/mol. The van der Waals surface area contributed by atoms with Crippen LogP contribution in [-0.2, 0) is 0 Å². The van der Waals surface area contributed by atoms with Gasteiger partial charge in [-0.15, -0.1) is 0 Å². The number of methoxy groups -OCH3 is 1. The number of halogens is 2. The molecule has 3 heterocycles. The molecule has 1 aliphatic heterocycles. The predicted octanol–water partition coefficient (Wildman–Crippen LogP) is 5.83. The number of ether oxygens (including phenoxy) is 1. The SMILES string of the molecule is COc1ccccc1-c1cc(C(=O)N2CCN(c3ccccc3F)CC2)n2nc(-c3ccc(Cl)cc3)cc2n1. The molecular weight excluding hydrogens is 517 g/mol.